The number of rotatable bonds is 13. The number of ether oxygens (including phenoxy) is 2. The zero-order valence-electron chi connectivity index (χ0n) is 34.7. The molecule has 1 aromatic carbocycles. The maximum Gasteiger partial charge on any atom is 0.410 e. The summed E-state index contributed by atoms with van der Waals surface area (Å²) in [6, 6.07) is 9.85. The minimum absolute atomic E-state index is 0. The third-order valence-electron chi connectivity index (χ3n) is 10.8. The first-order valence-electron chi connectivity index (χ1n) is 20.2. The summed E-state index contributed by atoms with van der Waals surface area (Å²) in [7, 11) is 1.76. The van der Waals surface area contributed by atoms with Gasteiger partial charge in [-0.05, 0) is 95.5 Å². The summed E-state index contributed by atoms with van der Waals surface area (Å²) in [5, 5.41) is 2.94. The summed E-state index contributed by atoms with van der Waals surface area (Å²) in [6.07, 6.45) is 4.90. The summed E-state index contributed by atoms with van der Waals surface area (Å²) in [6.45, 7) is 15.6. The maximum absolute atomic E-state index is 14.2. The molecule has 1 aromatic heterocycles. The lowest BCUT2D eigenvalue weighted by Gasteiger charge is -2.38. The number of anilines is 1. The van der Waals surface area contributed by atoms with Gasteiger partial charge < -0.3 is 24.6 Å². The molecule has 57 heavy (non-hydrogen) atoms. The number of carbonyl (C=O) groups excluding carboxylic acids is 5. The smallest absolute Gasteiger partial charge is 0.410 e. The molecule has 2 aromatic rings. The number of likely N-dealkylation sites (tertiary alicyclic amines) is 2. The monoisotopic (exact) mass is 809 g/mol. The predicted molar refractivity (Wildman–Crippen MR) is 224 cm³/mol. The van der Waals surface area contributed by atoms with Crippen molar-refractivity contribution < 1.29 is 33.4 Å². The van der Waals surface area contributed by atoms with Crippen molar-refractivity contribution >= 4 is 49.0 Å². The van der Waals surface area contributed by atoms with Gasteiger partial charge in [0.15, 0.2) is 5.69 Å². The van der Waals surface area contributed by atoms with Gasteiger partial charge in [-0.1, -0.05) is 31.2 Å². The van der Waals surface area contributed by atoms with Gasteiger partial charge in [-0.2, -0.15) is 13.5 Å². The van der Waals surface area contributed by atoms with Crippen LogP contribution in [-0.4, -0.2) is 151 Å². The molecule has 3 aliphatic heterocycles. The fraction of sp³-hybridized carbons (Fsp3) is 0.619. The van der Waals surface area contributed by atoms with E-state index < -0.39 is 17.6 Å². The van der Waals surface area contributed by atoms with Crippen LogP contribution in [0.5, 0.6) is 0 Å². The van der Waals surface area contributed by atoms with E-state index in [-0.39, 0.29) is 68.1 Å². The molecule has 5 rings (SSSR count). The number of aryl methyl sites for hydroxylation is 1. The molecule has 314 valence electrons. The van der Waals surface area contributed by atoms with Crippen LogP contribution >= 0.6 is 13.5 Å². The van der Waals surface area contributed by atoms with E-state index in [2.05, 4.69) is 39.2 Å². The molecule has 3 aliphatic rings. The Hall–Kier alpha value is -4.21. The molecule has 4 amide bonds. The number of hydrogen-bond acceptors (Lipinski definition) is 10. The molecule has 3 fully saturated rings. The van der Waals surface area contributed by atoms with E-state index in [1.165, 1.54) is 4.90 Å². The van der Waals surface area contributed by atoms with Crippen molar-refractivity contribution in [1.82, 2.24) is 29.5 Å². The van der Waals surface area contributed by atoms with Gasteiger partial charge in [-0.15, -0.1) is 0 Å². The fourth-order valence-electron chi connectivity index (χ4n) is 7.59. The molecular weight excluding hydrogens is 747 g/mol. The minimum atomic E-state index is -0.785. The number of aromatic nitrogens is 1. The molecule has 0 radical (unpaired) electrons. The Morgan fingerprint density at radius 3 is 2.26 bits per heavy atom. The number of pyridine rings is 1. The van der Waals surface area contributed by atoms with Crippen molar-refractivity contribution in [3.63, 3.8) is 0 Å². The zero-order chi connectivity index (χ0) is 40.4. The van der Waals surface area contributed by atoms with Gasteiger partial charge in [0.1, 0.15) is 12.1 Å². The van der Waals surface area contributed by atoms with Crippen LogP contribution in [0.2, 0.25) is 0 Å². The summed E-state index contributed by atoms with van der Waals surface area (Å²) in [4.78, 5) is 79.9. The van der Waals surface area contributed by atoms with Crippen molar-refractivity contribution in [2.75, 3.05) is 91.0 Å². The standard InChI is InChI=1S/C42H61N7O7.H2S/c1-7-30-10-9-11-33(22-30)34-24-35(44-36(50)28-49(41(54)56-42(3,4)5)27-32-12-15-45(6)37(51)23-32)39(43-25-34)40(53)48-20-18-47(19-21-48)26-31-13-16-46(17-14-31)29-38(52)55-8-2;/h9-11,22,24-25,31-32H,7-8,12-21,23,26-29H2,1-6H3,(H,44,50);1H2. The van der Waals surface area contributed by atoms with Crippen LogP contribution in [0, 0.1) is 11.8 Å². The van der Waals surface area contributed by atoms with E-state index >= 15 is 0 Å². The number of amides is 4. The van der Waals surface area contributed by atoms with Crippen molar-refractivity contribution in [3.05, 3.63) is 47.8 Å². The number of nitrogens with one attached hydrogen (secondary N) is 1. The second kappa shape index (κ2) is 21.0. The summed E-state index contributed by atoms with van der Waals surface area (Å²) >= 11 is 0. The molecule has 0 spiro atoms. The highest BCUT2D eigenvalue weighted by Crippen LogP contribution is 2.28. The number of esters is 1. The van der Waals surface area contributed by atoms with Gasteiger partial charge in [0, 0.05) is 71.0 Å². The highest BCUT2D eigenvalue weighted by atomic mass is 32.1. The molecule has 4 heterocycles. The van der Waals surface area contributed by atoms with Crippen LogP contribution in [-0.2, 0) is 30.3 Å². The molecule has 14 nitrogen and oxygen atoms in total. The lowest BCUT2D eigenvalue weighted by molar-refractivity contribution is -0.144. The Kier molecular flexibility index (Phi) is 16.7. The van der Waals surface area contributed by atoms with Gasteiger partial charge in [0.2, 0.25) is 11.8 Å². The number of piperazine rings is 1. The number of hydrogen-bond donors (Lipinski definition) is 1. The van der Waals surface area contributed by atoms with Crippen molar-refractivity contribution in [2.45, 2.75) is 72.3 Å². The summed E-state index contributed by atoms with van der Waals surface area (Å²) < 4.78 is 10.8. The van der Waals surface area contributed by atoms with Crippen molar-refractivity contribution in [2.24, 2.45) is 11.8 Å². The van der Waals surface area contributed by atoms with Crippen LogP contribution in [0.1, 0.15) is 76.4 Å². The van der Waals surface area contributed by atoms with Crippen LogP contribution in [0.3, 0.4) is 0 Å². The number of carbonyl (C=O) groups is 5. The second-order valence-electron chi connectivity index (χ2n) is 16.4. The summed E-state index contributed by atoms with van der Waals surface area (Å²) in [5.41, 5.74) is 2.43. The number of piperidine rings is 2. The first-order chi connectivity index (χ1) is 26.7. The Balaban J connectivity index is 0.00000720. The van der Waals surface area contributed by atoms with Crippen LogP contribution in [0.4, 0.5) is 10.5 Å². The largest absolute Gasteiger partial charge is 0.465 e. The Bertz CT molecular complexity index is 1700. The number of benzene rings is 1. The van der Waals surface area contributed by atoms with Gasteiger partial charge in [0.05, 0.1) is 18.8 Å². The van der Waals surface area contributed by atoms with E-state index in [1.54, 1.807) is 49.9 Å². The van der Waals surface area contributed by atoms with E-state index in [1.807, 2.05) is 19.1 Å². The Labute approximate surface area is 345 Å². The van der Waals surface area contributed by atoms with Gasteiger partial charge >= 0.3 is 12.1 Å². The molecule has 1 unspecified atom stereocenters. The zero-order valence-corrected chi connectivity index (χ0v) is 35.7. The third-order valence-corrected chi connectivity index (χ3v) is 10.8. The highest BCUT2D eigenvalue weighted by Gasteiger charge is 2.32. The van der Waals surface area contributed by atoms with Crippen molar-refractivity contribution in [1.29, 1.82) is 0 Å². The molecule has 3 saturated heterocycles. The van der Waals surface area contributed by atoms with Gasteiger partial charge in [0.25, 0.3) is 5.91 Å². The first-order valence-corrected chi connectivity index (χ1v) is 20.2. The third kappa shape index (κ3) is 13.4. The van der Waals surface area contributed by atoms with E-state index in [0.717, 1.165) is 68.7 Å². The fourth-order valence-corrected chi connectivity index (χ4v) is 7.59. The SMILES string of the molecule is CCOC(=O)CN1CCC(CN2CCN(C(=O)c3ncc(-c4cccc(CC)c4)cc3NC(=O)CN(CC3CCN(C)C(=O)C3)C(=O)OC(C)(C)C)CC2)CC1.S. The van der Waals surface area contributed by atoms with Gasteiger partial charge in [-0.3, -0.25) is 33.9 Å². The maximum atomic E-state index is 14.2. The Morgan fingerprint density at radius 2 is 1.61 bits per heavy atom. The topological polar surface area (TPSA) is 145 Å². The van der Waals surface area contributed by atoms with E-state index in [0.29, 0.717) is 45.1 Å². The highest BCUT2D eigenvalue weighted by molar-refractivity contribution is 7.59. The molecule has 0 saturated carbocycles. The molecule has 0 bridgehead atoms. The van der Waals surface area contributed by atoms with E-state index in [9.17, 15) is 24.0 Å². The summed E-state index contributed by atoms with van der Waals surface area (Å²) in [5.74, 6) is -0.526. The average Bonchev–Trinajstić information content (AvgIpc) is 3.16. The lowest BCUT2D eigenvalue weighted by atomic mass is 9.96. The van der Waals surface area contributed by atoms with Crippen LogP contribution in [0.25, 0.3) is 11.1 Å². The molecule has 1 N–H and O–H groups in total. The van der Waals surface area contributed by atoms with Crippen LogP contribution < -0.4 is 5.32 Å². The Morgan fingerprint density at radius 1 is 0.912 bits per heavy atom. The van der Waals surface area contributed by atoms with E-state index in [4.69, 9.17) is 9.47 Å². The quantitative estimate of drug-likeness (QED) is 0.288. The average molecular weight is 810 g/mol. The van der Waals surface area contributed by atoms with Crippen LogP contribution in [0.15, 0.2) is 36.5 Å². The molecular formula is C42H63N7O7S. The molecule has 1 atom stereocenters. The molecule has 0 aliphatic carbocycles. The van der Waals surface area contributed by atoms with Crippen molar-refractivity contribution in [3.8, 4) is 11.1 Å². The number of nitrogens with zero attached hydrogens (tertiary/aromatic N) is 6. The predicted octanol–water partition coefficient (Wildman–Crippen LogP) is 4.50. The lowest BCUT2D eigenvalue weighted by Crippen LogP contribution is -2.51. The first kappa shape index (κ1) is 45.5. The minimum Gasteiger partial charge on any atom is -0.465 e. The molecule has 15 heteroatoms. The van der Waals surface area contributed by atoms with Gasteiger partial charge in [-0.25, -0.2) is 9.78 Å². The normalized spacial score (nSPS) is 18.4. The second-order valence-corrected chi connectivity index (χ2v) is 16.4.